The molecule has 0 saturated carbocycles. The van der Waals surface area contributed by atoms with Crippen LogP contribution in [0.1, 0.15) is 58.4 Å². The lowest BCUT2D eigenvalue weighted by Gasteiger charge is -2.20. The van der Waals surface area contributed by atoms with E-state index < -0.39 is 27.8 Å². The zero-order chi connectivity index (χ0) is 21.2. The van der Waals surface area contributed by atoms with Crippen LogP contribution in [0.15, 0.2) is 29.2 Å². The Morgan fingerprint density at radius 1 is 1.18 bits per heavy atom. The Labute approximate surface area is 169 Å². The Bertz CT molecular complexity index is 788. The molecule has 156 valence electrons. The van der Waals surface area contributed by atoms with Crippen LogP contribution in [0.5, 0.6) is 0 Å². The molecule has 1 rings (SSSR count). The Balaban J connectivity index is 2.88. The van der Waals surface area contributed by atoms with Crippen LogP contribution in [0.4, 0.5) is 4.79 Å². The molecule has 0 heterocycles. The molecule has 1 N–H and O–H groups in total. The molecule has 0 saturated heterocycles. The molecule has 1 atom stereocenters. The van der Waals surface area contributed by atoms with E-state index in [0.29, 0.717) is 6.42 Å². The first-order valence-electron chi connectivity index (χ1n) is 9.47. The van der Waals surface area contributed by atoms with Crippen LogP contribution in [-0.4, -0.2) is 33.3 Å². The molecule has 0 aliphatic rings. The number of ether oxygens (including phenoxy) is 2. The van der Waals surface area contributed by atoms with E-state index in [9.17, 15) is 13.2 Å². The van der Waals surface area contributed by atoms with Gasteiger partial charge in [0.1, 0.15) is 0 Å². The Morgan fingerprint density at radius 3 is 2.39 bits per heavy atom. The van der Waals surface area contributed by atoms with Crippen molar-refractivity contribution in [2.75, 3.05) is 7.11 Å². The standard InChI is InChI=1S/C21H31NO5S/c1-6-7-8-9-10-18(27-20(23)26-5)15-16-21(3,4)22-28(24,25)19-13-11-17(2)12-14-19/h11-14,18,22H,6-10H2,1-5H3. The van der Waals surface area contributed by atoms with Crippen molar-refractivity contribution in [3.8, 4) is 11.8 Å². The average Bonchev–Trinajstić information content (AvgIpc) is 2.62. The molecule has 1 unspecified atom stereocenters. The Kier molecular flexibility index (Phi) is 9.50. The van der Waals surface area contributed by atoms with Crippen LogP contribution in [-0.2, 0) is 19.5 Å². The fraction of sp³-hybridized carbons (Fsp3) is 0.571. The van der Waals surface area contributed by atoms with Crippen molar-refractivity contribution >= 4 is 16.2 Å². The highest BCUT2D eigenvalue weighted by atomic mass is 32.2. The van der Waals surface area contributed by atoms with Crippen molar-refractivity contribution in [1.82, 2.24) is 4.72 Å². The third-order valence-electron chi connectivity index (χ3n) is 3.99. The highest BCUT2D eigenvalue weighted by molar-refractivity contribution is 7.89. The monoisotopic (exact) mass is 409 g/mol. The van der Waals surface area contributed by atoms with E-state index in [4.69, 9.17) is 4.74 Å². The lowest BCUT2D eigenvalue weighted by Crippen LogP contribution is -2.42. The number of aryl methyl sites for hydroxylation is 1. The van der Waals surface area contributed by atoms with Crippen molar-refractivity contribution in [3.63, 3.8) is 0 Å². The number of carbonyl (C=O) groups excluding carboxylic acids is 1. The Morgan fingerprint density at radius 2 is 1.82 bits per heavy atom. The number of hydrogen-bond acceptors (Lipinski definition) is 5. The van der Waals surface area contributed by atoms with Gasteiger partial charge in [-0.25, -0.2) is 13.2 Å². The maximum absolute atomic E-state index is 12.6. The molecule has 0 amide bonds. The maximum Gasteiger partial charge on any atom is 0.509 e. The van der Waals surface area contributed by atoms with E-state index in [1.54, 1.807) is 38.1 Å². The molecule has 0 spiro atoms. The lowest BCUT2D eigenvalue weighted by molar-refractivity contribution is 0.0520. The first-order valence-corrected chi connectivity index (χ1v) is 11.0. The molecule has 0 radical (unpaired) electrons. The molecular formula is C21H31NO5S. The predicted octanol–water partition coefficient (Wildman–Crippen LogP) is 4.18. The fourth-order valence-corrected chi connectivity index (χ4v) is 3.82. The van der Waals surface area contributed by atoms with Crippen molar-refractivity contribution in [2.24, 2.45) is 0 Å². The number of benzene rings is 1. The predicted molar refractivity (Wildman–Crippen MR) is 109 cm³/mol. The van der Waals surface area contributed by atoms with Crippen LogP contribution in [0.2, 0.25) is 0 Å². The quantitative estimate of drug-likeness (QED) is 0.376. The number of sulfonamides is 1. The average molecular weight is 410 g/mol. The SMILES string of the molecule is CCCCCCC(C#CC(C)(C)NS(=O)(=O)c1ccc(C)cc1)OC(=O)OC. The Hall–Kier alpha value is -2.04. The van der Waals surface area contributed by atoms with E-state index >= 15 is 0 Å². The second kappa shape index (κ2) is 11.1. The number of unbranched alkanes of at least 4 members (excludes halogenated alkanes) is 3. The van der Waals surface area contributed by atoms with Gasteiger partial charge in [0.05, 0.1) is 17.5 Å². The number of rotatable bonds is 9. The highest BCUT2D eigenvalue weighted by Gasteiger charge is 2.25. The molecule has 28 heavy (non-hydrogen) atoms. The van der Waals surface area contributed by atoms with E-state index in [1.165, 1.54) is 7.11 Å². The summed E-state index contributed by atoms with van der Waals surface area (Å²) in [5, 5.41) is 0. The van der Waals surface area contributed by atoms with Gasteiger partial charge in [0.15, 0.2) is 6.10 Å². The van der Waals surface area contributed by atoms with Crippen molar-refractivity contribution in [3.05, 3.63) is 29.8 Å². The minimum atomic E-state index is -3.72. The third kappa shape index (κ3) is 8.77. The minimum absolute atomic E-state index is 0.176. The van der Waals surface area contributed by atoms with Gasteiger partial charge in [-0.15, -0.1) is 0 Å². The second-order valence-electron chi connectivity index (χ2n) is 7.22. The molecule has 1 aromatic rings. The summed E-state index contributed by atoms with van der Waals surface area (Å²) in [5.41, 5.74) is -0.0610. The van der Waals surface area contributed by atoms with Gasteiger partial charge >= 0.3 is 6.16 Å². The van der Waals surface area contributed by atoms with E-state index in [0.717, 1.165) is 31.2 Å². The summed E-state index contributed by atoms with van der Waals surface area (Å²) in [6.07, 6.45) is 3.20. The van der Waals surface area contributed by atoms with Gasteiger partial charge in [0.25, 0.3) is 0 Å². The molecule has 1 aromatic carbocycles. The zero-order valence-electron chi connectivity index (χ0n) is 17.4. The third-order valence-corrected chi connectivity index (χ3v) is 5.66. The van der Waals surface area contributed by atoms with Crippen molar-refractivity contribution in [1.29, 1.82) is 0 Å². The van der Waals surface area contributed by atoms with E-state index in [-0.39, 0.29) is 4.90 Å². The van der Waals surface area contributed by atoms with Gasteiger partial charge in [-0.3, -0.25) is 0 Å². The van der Waals surface area contributed by atoms with Gasteiger partial charge in [-0.1, -0.05) is 55.7 Å². The first kappa shape index (κ1) is 24.0. The minimum Gasteiger partial charge on any atom is -0.438 e. The van der Waals surface area contributed by atoms with Gasteiger partial charge in [0, 0.05) is 0 Å². The lowest BCUT2D eigenvalue weighted by atomic mass is 10.1. The largest absolute Gasteiger partial charge is 0.509 e. The van der Waals surface area contributed by atoms with Crippen LogP contribution >= 0.6 is 0 Å². The highest BCUT2D eigenvalue weighted by Crippen LogP contribution is 2.14. The summed E-state index contributed by atoms with van der Waals surface area (Å²) in [5.74, 6) is 5.78. The van der Waals surface area contributed by atoms with Gasteiger partial charge in [0.2, 0.25) is 10.0 Å². The normalized spacial score (nSPS) is 12.6. The molecule has 0 bridgehead atoms. The zero-order valence-corrected chi connectivity index (χ0v) is 18.2. The summed E-state index contributed by atoms with van der Waals surface area (Å²) in [4.78, 5) is 11.6. The molecule has 0 aliphatic carbocycles. The molecule has 0 aliphatic heterocycles. The smallest absolute Gasteiger partial charge is 0.438 e. The van der Waals surface area contributed by atoms with E-state index in [1.807, 2.05) is 6.92 Å². The first-order chi connectivity index (χ1) is 13.1. The van der Waals surface area contributed by atoms with Gasteiger partial charge in [-0.2, -0.15) is 4.72 Å². The number of hydrogen-bond donors (Lipinski definition) is 1. The van der Waals surface area contributed by atoms with Crippen molar-refractivity contribution in [2.45, 2.75) is 76.3 Å². The van der Waals surface area contributed by atoms with Crippen molar-refractivity contribution < 1.29 is 22.7 Å². The second-order valence-corrected chi connectivity index (χ2v) is 8.91. The summed E-state index contributed by atoms with van der Waals surface area (Å²) >= 11 is 0. The van der Waals surface area contributed by atoms with Crippen LogP contribution < -0.4 is 4.72 Å². The van der Waals surface area contributed by atoms with Gasteiger partial charge < -0.3 is 9.47 Å². The molecule has 0 fully saturated rings. The number of carbonyl (C=O) groups is 1. The number of methoxy groups -OCH3 is 1. The number of nitrogens with one attached hydrogen (secondary N) is 1. The summed E-state index contributed by atoms with van der Waals surface area (Å²) in [6, 6.07) is 6.59. The maximum atomic E-state index is 12.6. The topological polar surface area (TPSA) is 81.7 Å². The molecule has 7 heteroatoms. The van der Waals surface area contributed by atoms with Crippen LogP contribution in [0.3, 0.4) is 0 Å². The molecule has 6 nitrogen and oxygen atoms in total. The van der Waals surface area contributed by atoms with E-state index in [2.05, 4.69) is 28.2 Å². The molecule has 0 aromatic heterocycles. The van der Waals surface area contributed by atoms with Gasteiger partial charge in [-0.05, 0) is 45.7 Å². The fourth-order valence-electron chi connectivity index (χ4n) is 2.48. The van der Waals surface area contributed by atoms with Crippen LogP contribution in [0, 0.1) is 18.8 Å². The summed E-state index contributed by atoms with van der Waals surface area (Å²) in [7, 11) is -2.48. The summed E-state index contributed by atoms with van der Waals surface area (Å²) in [6.45, 7) is 7.34. The molecular weight excluding hydrogens is 378 g/mol. The summed E-state index contributed by atoms with van der Waals surface area (Å²) < 4.78 is 37.5. The van der Waals surface area contributed by atoms with Crippen LogP contribution in [0.25, 0.3) is 0 Å².